The van der Waals surface area contributed by atoms with Gasteiger partial charge in [-0.1, -0.05) is 29.8 Å². The van der Waals surface area contributed by atoms with E-state index in [1.54, 1.807) is 6.33 Å². The number of imidazole rings is 1. The van der Waals surface area contributed by atoms with Gasteiger partial charge in [0.05, 0.1) is 6.33 Å². The van der Waals surface area contributed by atoms with Gasteiger partial charge in [-0.25, -0.2) is 4.98 Å². The van der Waals surface area contributed by atoms with Gasteiger partial charge >= 0.3 is 0 Å². The number of aromatic nitrogens is 2. The second-order valence-corrected chi connectivity index (χ2v) is 3.46. The van der Waals surface area contributed by atoms with Crippen molar-refractivity contribution in [2.45, 2.75) is 6.92 Å². The molecule has 72 valence electrons. The lowest BCUT2D eigenvalue weighted by atomic mass is 10.1. The number of anilines is 1. The number of hydrogen-bond acceptors (Lipinski definition) is 2. The Bertz CT molecular complexity index is 440. The monoisotopic (exact) mass is 187 g/mol. The van der Waals surface area contributed by atoms with Crippen LogP contribution in [-0.2, 0) is 7.05 Å². The fourth-order valence-corrected chi connectivity index (χ4v) is 1.37. The number of nitrogens with two attached hydrogens (primary N) is 1. The summed E-state index contributed by atoms with van der Waals surface area (Å²) < 4.78 is 1.81. The summed E-state index contributed by atoms with van der Waals surface area (Å²) in [5.41, 5.74) is 9.03. The summed E-state index contributed by atoms with van der Waals surface area (Å²) in [6, 6.07) is 8.19. The molecule has 0 unspecified atom stereocenters. The van der Waals surface area contributed by atoms with Crippen molar-refractivity contribution < 1.29 is 0 Å². The van der Waals surface area contributed by atoms with E-state index in [0.717, 1.165) is 11.3 Å². The van der Waals surface area contributed by atoms with E-state index in [2.05, 4.69) is 24.0 Å². The number of hydrogen-bond donors (Lipinski definition) is 1. The fraction of sp³-hybridized carbons (Fsp3) is 0.182. The maximum Gasteiger partial charge on any atom is 0.131 e. The van der Waals surface area contributed by atoms with Crippen molar-refractivity contribution in [3.05, 3.63) is 36.2 Å². The van der Waals surface area contributed by atoms with Crippen molar-refractivity contribution in [1.29, 1.82) is 0 Å². The third kappa shape index (κ3) is 1.37. The molecule has 2 N–H and O–H groups in total. The van der Waals surface area contributed by atoms with Crippen molar-refractivity contribution in [1.82, 2.24) is 9.55 Å². The van der Waals surface area contributed by atoms with Gasteiger partial charge in [-0.05, 0) is 6.92 Å². The molecule has 0 aliphatic rings. The Balaban J connectivity index is 2.49. The summed E-state index contributed by atoms with van der Waals surface area (Å²) >= 11 is 0. The van der Waals surface area contributed by atoms with Crippen molar-refractivity contribution in [3.8, 4) is 11.3 Å². The van der Waals surface area contributed by atoms with E-state index in [-0.39, 0.29) is 0 Å². The van der Waals surface area contributed by atoms with Gasteiger partial charge in [0, 0.05) is 12.6 Å². The summed E-state index contributed by atoms with van der Waals surface area (Å²) in [5, 5.41) is 0. The van der Waals surface area contributed by atoms with Crippen molar-refractivity contribution in [3.63, 3.8) is 0 Å². The Hall–Kier alpha value is -1.77. The fourth-order valence-electron chi connectivity index (χ4n) is 1.37. The van der Waals surface area contributed by atoms with Crippen molar-refractivity contribution in [2.24, 2.45) is 7.05 Å². The predicted molar refractivity (Wildman–Crippen MR) is 57.8 cm³/mol. The van der Waals surface area contributed by atoms with Gasteiger partial charge in [-0.15, -0.1) is 0 Å². The van der Waals surface area contributed by atoms with Crippen LogP contribution >= 0.6 is 0 Å². The molecule has 0 aliphatic carbocycles. The van der Waals surface area contributed by atoms with Gasteiger partial charge in [0.25, 0.3) is 0 Å². The largest absolute Gasteiger partial charge is 0.383 e. The highest BCUT2D eigenvalue weighted by Gasteiger charge is 2.06. The molecule has 0 bridgehead atoms. The Morgan fingerprint density at radius 2 is 1.86 bits per heavy atom. The SMILES string of the molecule is Cc1ccc(-c2ncn(C)c2N)cc1. The smallest absolute Gasteiger partial charge is 0.131 e. The van der Waals surface area contributed by atoms with E-state index in [4.69, 9.17) is 5.73 Å². The second-order valence-electron chi connectivity index (χ2n) is 3.46. The summed E-state index contributed by atoms with van der Waals surface area (Å²) in [5.74, 6) is 0.703. The zero-order valence-corrected chi connectivity index (χ0v) is 8.36. The van der Waals surface area contributed by atoms with Crippen molar-refractivity contribution >= 4 is 5.82 Å². The van der Waals surface area contributed by atoms with Crippen LogP contribution in [0.1, 0.15) is 5.56 Å². The predicted octanol–water partition coefficient (Wildman–Crippen LogP) is 1.98. The zero-order valence-electron chi connectivity index (χ0n) is 8.36. The average molecular weight is 187 g/mol. The lowest BCUT2D eigenvalue weighted by molar-refractivity contribution is 0.925. The van der Waals surface area contributed by atoms with E-state index in [1.807, 2.05) is 23.7 Å². The Morgan fingerprint density at radius 3 is 2.36 bits per heavy atom. The van der Waals surface area contributed by atoms with E-state index in [0.29, 0.717) is 5.82 Å². The molecular formula is C11H13N3. The summed E-state index contributed by atoms with van der Waals surface area (Å²) in [7, 11) is 1.89. The molecular weight excluding hydrogens is 174 g/mol. The second kappa shape index (κ2) is 3.18. The van der Waals surface area contributed by atoms with E-state index < -0.39 is 0 Å². The molecule has 1 heterocycles. The van der Waals surface area contributed by atoms with Crippen LogP contribution in [0.4, 0.5) is 5.82 Å². The van der Waals surface area contributed by atoms with Crippen LogP contribution in [0.15, 0.2) is 30.6 Å². The number of nitrogen functional groups attached to an aromatic ring is 1. The molecule has 3 nitrogen and oxygen atoms in total. The molecule has 14 heavy (non-hydrogen) atoms. The molecule has 1 aromatic heterocycles. The maximum absolute atomic E-state index is 5.87. The van der Waals surface area contributed by atoms with Gasteiger partial charge in [0.2, 0.25) is 0 Å². The number of aryl methyl sites for hydroxylation is 2. The molecule has 0 fully saturated rings. The molecule has 0 radical (unpaired) electrons. The summed E-state index contributed by atoms with van der Waals surface area (Å²) in [6.45, 7) is 2.06. The molecule has 1 aromatic carbocycles. The first-order valence-corrected chi connectivity index (χ1v) is 4.52. The van der Waals surface area contributed by atoms with E-state index in [9.17, 15) is 0 Å². The summed E-state index contributed by atoms with van der Waals surface area (Å²) in [4.78, 5) is 4.25. The molecule has 0 saturated heterocycles. The first-order valence-electron chi connectivity index (χ1n) is 4.52. The first-order chi connectivity index (χ1) is 6.68. The van der Waals surface area contributed by atoms with Gasteiger partial charge in [-0.2, -0.15) is 0 Å². The molecule has 0 amide bonds. The maximum atomic E-state index is 5.87. The van der Waals surface area contributed by atoms with Gasteiger partial charge in [0.15, 0.2) is 0 Å². The zero-order chi connectivity index (χ0) is 10.1. The van der Waals surface area contributed by atoms with Crippen LogP contribution in [-0.4, -0.2) is 9.55 Å². The molecule has 0 saturated carbocycles. The Labute approximate surface area is 83.2 Å². The lowest BCUT2D eigenvalue weighted by Crippen LogP contribution is -1.95. The van der Waals surface area contributed by atoms with Gasteiger partial charge < -0.3 is 10.3 Å². The van der Waals surface area contributed by atoms with Crippen LogP contribution in [0, 0.1) is 6.92 Å². The van der Waals surface area contributed by atoms with Crippen LogP contribution < -0.4 is 5.73 Å². The molecule has 2 aromatic rings. The third-order valence-corrected chi connectivity index (χ3v) is 2.31. The lowest BCUT2D eigenvalue weighted by Gasteiger charge is -2.00. The van der Waals surface area contributed by atoms with Crippen LogP contribution in [0.25, 0.3) is 11.3 Å². The number of rotatable bonds is 1. The quantitative estimate of drug-likeness (QED) is 0.741. The molecule has 0 atom stereocenters. The summed E-state index contributed by atoms with van der Waals surface area (Å²) in [6.07, 6.45) is 1.73. The van der Waals surface area contributed by atoms with E-state index in [1.165, 1.54) is 5.56 Å². The molecule has 0 aliphatic heterocycles. The highest BCUT2D eigenvalue weighted by atomic mass is 15.1. The first kappa shape index (κ1) is 8.81. The van der Waals surface area contributed by atoms with Crippen LogP contribution in [0.2, 0.25) is 0 Å². The number of benzene rings is 1. The highest BCUT2D eigenvalue weighted by Crippen LogP contribution is 2.23. The highest BCUT2D eigenvalue weighted by molar-refractivity contribution is 5.70. The van der Waals surface area contributed by atoms with Crippen LogP contribution in [0.5, 0.6) is 0 Å². The van der Waals surface area contributed by atoms with Gasteiger partial charge in [-0.3, -0.25) is 0 Å². The minimum atomic E-state index is 0.703. The Kier molecular flexibility index (Phi) is 2.00. The minimum absolute atomic E-state index is 0.703. The Morgan fingerprint density at radius 1 is 1.21 bits per heavy atom. The minimum Gasteiger partial charge on any atom is -0.383 e. The number of nitrogens with zero attached hydrogens (tertiary/aromatic N) is 2. The van der Waals surface area contributed by atoms with Crippen LogP contribution in [0.3, 0.4) is 0 Å². The molecule has 2 rings (SSSR count). The van der Waals surface area contributed by atoms with Gasteiger partial charge in [0.1, 0.15) is 11.5 Å². The van der Waals surface area contributed by atoms with Crippen molar-refractivity contribution in [2.75, 3.05) is 5.73 Å². The molecule has 3 heteroatoms. The third-order valence-electron chi connectivity index (χ3n) is 2.31. The standard InChI is InChI=1S/C11H13N3/c1-8-3-5-9(6-4-8)10-11(12)14(2)7-13-10/h3-7H,12H2,1-2H3. The topological polar surface area (TPSA) is 43.8 Å². The molecule has 0 spiro atoms. The normalized spacial score (nSPS) is 10.4. The average Bonchev–Trinajstić information content (AvgIpc) is 2.50. The van der Waals surface area contributed by atoms with E-state index >= 15 is 0 Å².